The van der Waals surface area contributed by atoms with E-state index in [9.17, 15) is 18.4 Å². The summed E-state index contributed by atoms with van der Waals surface area (Å²) in [5.74, 6) is -1.79. The average molecular weight is 457 g/mol. The summed E-state index contributed by atoms with van der Waals surface area (Å²) < 4.78 is 43.1. The molecule has 0 saturated carbocycles. The van der Waals surface area contributed by atoms with Crippen LogP contribution in [0.25, 0.3) is 5.57 Å². The Balaban J connectivity index is 1.79. The Hall–Kier alpha value is -3.59. The molecule has 1 aromatic heterocycles. The Kier molecular flexibility index (Phi) is 6.00. The second-order valence-electron chi connectivity index (χ2n) is 6.69. The summed E-state index contributed by atoms with van der Waals surface area (Å²) in [6, 6.07) is 11.2. The number of carbonyl (C=O) groups is 2. The van der Waals surface area contributed by atoms with Gasteiger partial charge < -0.3 is 13.9 Å². The van der Waals surface area contributed by atoms with Crippen LogP contribution in [0, 0.1) is 11.6 Å². The number of carbonyl (C=O) groups excluding carboxylic acids is 2. The highest BCUT2D eigenvalue weighted by molar-refractivity contribution is 8.03. The number of ether oxygens (including phenoxy) is 2. The number of furan rings is 1. The van der Waals surface area contributed by atoms with Gasteiger partial charge >= 0.3 is 0 Å². The largest absolute Gasteiger partial charge is 0.493 e. The first-order chi connectivity index (χ1) is 15.4. The molecule has 0 spiro atoms. The lowest BCUT2D eigenvalue weighted by atomic mass is 10.1. The standard InChI is InChI=1S/C23H17F2NO5S/c1-29-18-8-5-13(10-19(18)30-2)20-21(32-12-15-4-3-9-31-15)23(28)26(22(20)27)14-6-7-16(24)17(25)11-14/h3-11H,12H2,1-2H3. The third kappa shape index (κ3) is 3.87. The van der Waals surface area contributed by atoms with Crippen molar-refractivity contribution in [3.8, 4) is 11.5 Å². The zero-order valence-electron chi connectivity index (χ0n) is 17.1. The zero-order chi connectivity index (χ0) is 22.8. The molecule has 1 aliphatic heterocycles. The predicted octanol–water partition coefficient (Wildman–Crippen LogP) is 4.79. The molecule has 0 saturated heterocycles. The van der Waals surface area contributed by atoms with Crippen molar-refractivity contribution in [3.05, 3.63) is 82.7 Å². The number of anilines is 1. The van der Waals surface area contributed by atoms with Crippen molar-refractivity contribution in [2.24, 2.45) is 0 Å². The van der Waals surface area contributed by atoms with Gasteiger partial charge in [0.05, 0.1) is 42.4 Å². The minimum absolute atomic E-state index is 0.0644. The van der Waals surface area contributed by atoms with Gasteiger partial charge in [0.1, 0.15) is 5.76 Å². The number of halogens is 2. The molecule has 32 heavy (non-hydrogen) atoms. The van der Waals surface area contributed by atoms with Gasteiger partial charge in [-0.3, -0.25) is 9.59 Å². The summed E-state index contributed by atoms with van der Waals surface area (Å²) in [5, 5.41) is 0. The maximum Gasteiger partial charge on any atom is 0.272 e. The van der Waals surface area contributed by atoms with E-state index >= 15 is 0 Å². The van der Waals surface area contributed by atoms with Crippen molar-refractivity contribution in [3.63, 3.8) is 0 Å². The van der Waals surface area contributed by atoms with Crippen molar-refractivity contribution in [2.45, 2.75) is 5.75 Å². The van der Waals surface area contributed by atoms with E-state index in [0.29, 0.717) is 28.6 Å². The molecule has 3 aromatic rings. The van der Waals surface area contributed by atoms with Gasteiger partial charge in [0, 0.05) is 6.07 Å². The molecule has 164 valence electrons. The van der Waals surface area contributed by atoms with Gasteiger partial charge in [-0.25, -0.2) is 13.7 Å². The molecule has 1 aliphatic rings. The molecule has 0 bridgehead atoms. The molecule has 0 aliphatic carbocycles. The molecule has 2 heterocycles. The number of rotatable bonds is 7. The maximum absolute atomic E-state index is 13.8. The van der Waals surface area contributed by atoms with E-state index in [0.717, 1.165) is 28.8 Å². The van der Waals surface area contributed by atoms with Crippen molar-refractivity contribution >= 4 is 34.8 Å². The number of imide groups is 1. The number of hydrogen-bond donors (Lipinski definition) is 0. The third-order valence-corrected chi connectivity index (χ3v) is 5.91. The van der Waals surface area contributed by atoms with Gasteiger partial charge in [0.15, 0.2) is 23.1 Å². The Bertz CT molecular complexity index is 1220. The van der Waals surface area contributed by atoms with E-state index in [2.05, 4.69) is 0 Å². The smallest absolute Gasteiger partial charge is 0.272 e. The molecule has 0 unspecified atom stereocenters. The quantitative estimate of drug-likeness (QED) is 0.475. The lowest BCUT2D eigenvalue weighted by Gasteiger charge is -2.15. The van der Waals surface area contributed by atoms with Crippen molar-refractivity contribution < 1.29 is 32.3 Å². The molecule has 6 nitrogen and oxygen atoms in total. The highest BCUT2D eigenvalue weighted by Crippen LogP contribution is 2.41. The van der Waals surface area contributed by atoms with Gasteiger partial charge in [0.25, 0.3) is 11.8 Å². The van der Waals surface area contributed by atoms with Crippen LogP contribution in [0.3, 0.4) is 0 Å². The van der Waals surface area contributed by atoms with Crippen LogP contribution in [0.4, 0.5) is 14.5 Å². The fourth-order valence-electron chi connectivity index (χ4n) is 3.29. The Morgan fingerprint density at radius 1 is 0.938 bits per heavy atom. The molecule has 0 fully saturated rings. The van der Waals surface area contributed by atoms with Crippen molar-refractivity contribution in [1.29, 1.82) is 0 Å². The summed E-state index contributed by atoms with van der Waals surface area (Å²) in [5.41, 5.74) is 0.482. The molecule has 2 amide bonds. The molecule has 0 N–H and O–H groups in total. The monoisotopic (exact) mass is 457 g/mol. The average Bonchev–Trinajstić information content (AvgIpc) is 3.40. The van der Waals surface area contributed by atoms with Gasteiger partial charge in [0.2, 0.25) is 0 Å². The summed E-state index contributed by atoms with van der Waals surface area (Å²) in [6.45, 7) is 0. The summed E-state index contributed by atoms with van der Waals surface area (Å²) in [7, 11) is 2.94. The fourth-order valence-corrected chi connectivity index (χ4v) is 4.30. The van der Waals surface area contributed by atoms with Crippen LogP contribution < -0.4 is 14.4 Å². The number of amides is 2. The second-order valence-corrected chi connectivity index (χ2v) is 7.67. The Morgan fingerprint density at radius 2 is 1.72 bits per heavy atom. The van der Waals surface area contributed by atoms with Gasteiger partial charge in [-0.15, -0.1) is 11.8 Å². The zero-order valence-corrected chi connectivity index (χ0v) is 17.9. The van der Waals surface area contributed by atoms with Crippen LogP contribution in [0.1, 0.15) is 11.3 Å². The van der Waals surface area contributed by atoms with Crippen LogP contribution in [0.2, 0.25) is 0 Å². The van der Waals surface area contributed by atoms with Crippen LogP contribution in [-0.4, -0.2) is 26.0 Å². The first-order valence-electron chi connectivity index (χ1n) is 9.40. The Labute approximate surface area is 186 Å². The maximum atomic E-state index is 13.8. The predicted molar refractivity (Wildman–Crippen MR) is 115 cm³/mol. The van der Waals surface area contributed by atoms with E-state index in [-0.39, 0.29) is 16.2 Å². The van der Waals surface area contributed by atoms with E-state index < -0.39 is 23.4 Å². The summed E-state index contributed by atoms with van der Waals surface area (Å²) in [6.07, 6.45) is 1.51. The normalized spacial score (nSPS) is 13.8. The minimum Gasteiger partial charge on any atom is -0.493 e. The molecule has 0 radical (unpaired) electrons. The van der Waals surface area contributed by atoms with Gasteiger partial charge in [-0.1, -0.05) is 6.07 Å². The topological polar surface area (TPSA) is 69.0 Å². The second kappa shape index (κ2) is 8.88. The molecule has 4 rings (SSSR count). The molecule has 0 atom stereocenters. The molecular formula is C23H17F2NO5S. The molecular weight excluding hydrogens is 440 g/mol. The SMILES string of the molecule is COc1ccc(C2=C(SCc3ccco3)C(=O)N(c3ccc(F)c(F)c3)C2=O)cc1OC. The highest BCUT2D eigenvalue weighted by atomic mass is 32.2. The minimum atomic E-state index is -1.16. The van der Waals surface area contributed by atoms with Crippen molar-refractivity contribution in [2.75, 3.05) is 19.1 Å². The molecule has 2 aromatic carbocycles. The lowest BCUT2D eigenvalue weighted by Crippen LogP contribution is -2.31. The van der Waals surface area contributed by atoms with E-state index in [1.54, 1.807) is 30.3 Å². The number of hydrogen-bond acceptors (Lipinski definition) is 6. The number of methoxy groups -OCH3 is 2. The number of benzene rings is 2. The lowest BCUT2D eigenvalue weighted by molar-refractivity contribution is -0.119. The summed E-state index contributed by atoms with van der Waals surface area (Å²) >= 11 is 1.12. The van der Waals surface area contributed by atoms with E-state index in [4.69, 9.17) is 13.9 Å². The number of thioether (sulfide) groups is 1. The van der Waals surface area contributed by atoms with Crippen molar-refractivity contribution in [1.82, 2.24) is 0 Å². The first-order valence-corrected chi connectivity index (χ1v) is 10.4. The third-order valence-electron chi connectivity index (χ3n) is 4.81. The van der Waals surface area contributed by atoms with E-state index in [1.807, 2.05) is 0 Å². The van der Waals surface area contributed by atoms with Crippen LogP contribution >= 0.6 is 11.8 Å². The van der Waals surface area contributed by atoms with Crippen LogP contribution in [0.15, 0.2) is 64.1 Å². The van der Waals surface area contributed by atoms with Crippen LogP contribution in [-0.2, 0) is 15.3 Å². The van der Waals surface area contributed by atoms with E-state index in [1.165, 1.54) is 26.5 Å². The van der Waals surface area contributed by atoms with Crippen LogP contribution in [0.5, 0.6) is 11.5 Å². The van der Waals surface area contributed by atoms with Gasteiger partial charge in [-0.05, 0) is 42.0 Å². The fraction of sp³-hybridized carbons (Fsp3) is 0.130. The first kappa shape index (κ1) is 21.6. The Morgan fingerprint density at radius 3 is 2.38 bits per heavy atom. The number of nitrogens with zero attached hydrogens (tertiary/aromatic N) is 1. The summed E-state index contributed by atoms with van der Waals surface area (Å²) in [4.78, 5) is 27.6. The highest BCUT2D eigenvalue weighted by Gasteiger charge is 2.40. The molecule has 9 heteroatoms. The van der Waals surface area contributed by atoms with Gasteiger partial charge in [-0.2, -0.15) is 0 Å².